The molecule has 2 N–H and O–H groups in total. The maximum atomic E-state index is 5.01. The fourth-order valence-electron chi connectivity index (χ4n) is 0. The number of rotatable bonds is 1. The van der Waals surface area contributed by atoms with Crippen molar-refractivity contribution < 1.29 is 0 Å². The second-order valence-corrected chi connectivity index (χ2v) is 1.45. The summed E-state index contributed by atoms with van der Waals surface area (Å²) in [7, 11) is 0. The van der Waals surface area contributed by atoms with Gasteiger partial charge < -0.3 is 0 Å². The van der Waals surface area contributed by atoms with E-state index >= 15 is 0 Å². The fraction of sp³-hybridized carbons (Fsp3) is 1.00. The molecule has 0 atom stereocenters. The molecule has 0 aliphatic heterocycles. The standard InChI is InChI=1S/C2H7NSe/c3-1-2-4/h4H,1-3H2. The second-order valence-electron chi connectivity index (χ2n) is 0.512. The van der Waals surface area contributed by atoms with Gasteiger partial charge in [0.2, 0.25) is 0 Å². The Bertz CT molecular complexity index is 8.00. The summed E-state index contributed by atoms with van der Waals surface area (Å²) in [5.74, 6) is 0. The third kappa shape index (κ3) is 2.48. The van der Waals surface area contributed by atoms with Crippen LogP contribution in [0.1, 0.15) is 0 Å². The molecule has 0 aliphatic carbocycles. The summed E-state index contributed by atoms with van der Waals surface area (Å²) >= 11 is 2.41. The van der Waals surface area contributed by atoms with E-state index in [1.165, 1.54) is 0 Å². The van der Waals surface area contributed by atoms with Crippen molar-refractivity contribution in [3.8, 4) is 0 Å². The van der Waals surface area contributed by atoms with Gasteiger partial charge in [0, 0.05) is 0 Å². The zero-order valence-electron chi connectivity index (χ0n) is 2.44. The van der Waals surface area contributed by atoms with Gasteiger partial charge in [0.05, 0.1) is 0 Å². The normalized spacial score (nSPS) is 7.50. The monoisotopic (exact) mass is 125 g/mol. The van der Waals surface area contributed by atoms with Crippen LogP contribution < -0.4 is 5.73 Å². The van der Waals surface area contributed by atoms with Crippen molar-refractivity contribution in [2.24, 2.45) is 5.73 Å². The van der Waals surface area contributed by atoms with Gasteiger partial charge in [-0.1, -0.05) is 0 Å². The van der Waals surface area contributed by atoms with Gasteiger partial charge in [-0.15, -0.1) is 0 Å². The first-order chi connectivity index (χ1) is 1.91. The zero-order valence-corrected chi connectivity index (χ0v) is 4.32. The van der Waals surface area contributed by atoms with Gasteiger partial charge in [0.15, 0.2) is 0 Å². The second kappa shape index (κ2) is 3.48. The molecule has 0 aromatic rings. The molecule has 0 spiro atoms. The van der Waals surface area contributed by atoms with Crippen LogP contribution in [0.15, 0.2) is 0 Å². The van der Waals surface area contributed by atoms with E-state index in [4.69, 9.17) is 5.73 Å². The molecule has 0 aromatic heterocycles. The molecular formula is C2H7NSe. The van der Waals surface area contributed by atoms with E-state index in [-0.39, 0.29) is 0 Å². The van der Waals surface area contributed by atoms with Crippen molar-refractivity contribution in [2.45, 2.75) is 5.32 Å². The molecule has 0 saturated heterocycles. The molecular weight excluding hydrogens is 117 g/mol. The van der Waals surface area contributed by atoms with Gasteiger partial charge in [0.1, 0.15) is 0 Å². The predicted molar refractivity (Wildman–Crippen MR) is 21.0 cm³/mol. The van der Waals surface area contributed by atoms with Gasteiger partial charge in [-0.2, -0.15) is 0 Å². The number of hydrogen-bond donors (Lipinski definition) is 1. The topological polar surface area (TPSA) is 26.0 Å². The third-order valence-electron chi connectivity index (χ3n) is 0.129. The fourth-order valence-corrected chi connectivity index (χ4v) is 0. The molecule has 0 rings (SSSR count). The first kappa shape index (κ1) is 4.48. The summed E-state index contributed by atoms with van der Waals surface area (Å²) in [6.07, 6.45) is 0. The molecule has 0 aliphatic rings. The zero-order chi connectivity index (χ0) is 3.41. The van der Waals surface area contributed by atoms with Crippen LogP contribution >= 0.6 is 0 Å². The van der Waals surface area contributed by atoms with Crippen molar-refractivity contribution in [1.29, 1.82) is 0 Å². The van der Waals surface area contributed by atoms with Crippen LogP contribution in [-0.4, -0.2) is 22.6 Å². The molecule has 0 bridgehead atoms. The van der Waals surface area contributed by atoms with Crippen LogP contribution in [0.3, 0.4) is 0 Å². The first-order valence-electron chi connectivity index (χ1n) is 1.22. The maximum absolute atomic E-state index is 5.01. The van der Waals surface area contributed by atoms with E-state index in [1.54, 1.807) is 0 Å². The number of nitrogens with two attached hydrogens (primary N) is 1. The summed E-state index contributed by atoms with van der Waals surface area (Å²) in [4.78, 5) is 0. The average Bonchev–Trinajstić information content (AvgIpc) is 1.37. The van der Waals surface area contributed by atoms with Crippen molar-refractivity contribution in [2.75, 3.05) is 6.54 Å². The quantitative estimate of drug-likeness (QED) is 0.458. The Hall–Kier alpha value is 0.479. The Labute approximate surface area is 34.4 Å². The van der Waals surface area contributed by atoms with E-state index in [0.29, 0.717) is 0 Å². The van der Waals surface area contributed by atoms with Crippen molar-refractivity contribution in [3.05, 3.63) is 0 Å². The molecule has 0 radical (unpaired) electrons. The molecule has 4 heavy (non-hydrogen) atoms. The van der Waals surface area contributed by atoms with Crippen LogP contribution in [0.4, 0.5) is 0 Å². The molecule has 1 nitrogen and oxygen atoms in total. The van der Waals surface area contributed by atoms with Crippen LogP contribution in [0, 0.1) is 0 Å². The van der Waals surface area contributed by atoms with Crippen molar-refractivity contribution in [1.82, 2.24) is 0 Å². The van der Waals surface area contributed by atoms with E-state index < -0.39 is 0 Å². The molecule has 0 saturated carbocycles. The Kier molecular flexibility index (Phi) is 3.90. The van der Waals surface area contributed by atoms with Gasteiger partial charge in [-0.05, 0) is 0 Å². The SMILES string of the molecule is NCC[SeH]. The van der Waals surface area contributed by atoms with Crippen molar-refractivity contribution >= 4 is 16.0 Å². The van der Waals surface area contributed by atoms with Crippen LogP contribution in [0.5, 0.6) is 0 Å². The Balaban J connectivity index is 1.97. The molecule has 0 heterocycles. The van der Waals surface area contributed by atoms with Crippen LogP contribution in [-0.2, 0) is 0 Å². The number of hydrogen-bond acceptors (Lipinski definition) is 1. The Morgan fingerprint density at radius 2 is 2.00 bits per heavy atom. The molecule has 0 fully saturated rings. The Morgan fingerprint density at radius 1 is 1.75 bits per heavy atom. The molecule has 0 aromatic carbocycles. The van der Waals surface area contributed by atoms with Gasteiger partial charge in [0.25, 0.3) is 0 Å². The van der Waals surface area contributed by atoms with Gasteiger partial charge >= 0.3 is 33.6 Å². The van der Waals surface area contributed by atoms with Crippen LogP contribution in [0.25, 0.3) is 0 Å². The molecule has 26 valence electrons. The molecule has 0 unspecified atom stereocenters. The first-order valence-corrected chi connectivity index (χ1v) is 2.55. The van der Waals surface area contributed by atoms with E-state index in [0.717, 1.165) is 11.9 Å². The average molecular weight is 124 g/mol. The third-order valence-corrected chi connectivity index (χ3v) is 0.671. The summed E-state index contributed by atoms with van der Waals surface area (Å²) in [5.41, 5.74) is 5.01. The van der Waals surface area contributed by atoms with Gasteiger partial charge in [-0.25, -0.2) is 0 Å². The van der Waals surface area contributed by atoms with Gasteiger partial charge in [-0.3, -0.25) is 0 Å². The van der Waals surface area contributed by atoms with E-state index in [1.807, 2.05) is 0 Å². The minimum absolute atomic E-state index is 0.792. The van der Waals surface area contributed by atoms with Crippen molar-refractivity contribution in [3.63, 3.8) is 0 Å². The van der Waals surface area contributed by atoms with E-state index in [2.05, 4.69) is 16.0 Å². The summed E-state index contributed by atoms with van der Waals surface area (Å²) in [6.45, 7) is 0.792. The Morgan fingerprint density at radius 3 is 2.00 bits per heavy atom. The summed E-state index contributed by atoms with van der Waals surface area (Å²) in [6, 6.07) is 0. The van der Waals surface area contributed by atoms with E-state index in [9.17, 15) is 0 Å². The minimum atomic E-state index is 0.792. The summed E-state index contributed by atoms with van der Waals surface area (Å²) < 4.78 is 0. The van der Waals surface area contributed by atoms with Crippen LogP contribution in [0.2, 0.25) is 5.32 Å². The molecule has 2 heteroatoms. The molecule has 0 amide bonds. The predicted octanol–water partition coefficient (Wildman–Crippen LogP) is -0.736. The summed E-state index contributed by atoms with van der Waals surface area (Å²) in [5, 5.41) is 1.03.